The van der Waals surface area contributed by atoms with E-state index in [-0.39, 0.29) is 5.91 Å². The maximum atomic E-state index is 11.1. The van der Waals surface area contributed by atoms with Crippen molar-refractivity contribution in [3.8, 4) is 0 Å². The lowest BCUT2D eigenvalue weighted by Gasteiger charge is -2.21. The van der Waals surface area contributed by atoms with Crippen molar-refractivity contribution in [1.29, 1.82) is 0 Å². The molecule has 1 fully saturated rings. The highest BCUT2D eigenvalue weighted by Gasteiger charge is 2.20. The van der Waals surface area contributed by atoms with Crippen molar-refractivity contribution in [2.75, 3.05) is 23.3 Å². The van der Waals surface area contributed by atoms with Gasteiger partial charge in [0.05, 0.1) is 11.4 Å². The first-order valence-corrected chi connectivity index (χ1v) is 5.78. The largest absolute Gasteiger partial charge is 0.370 e. The number of amides is 1. The maximum Gasteiger partial charge on any atom is 0.221 e. The number of rotatable bonds is 2. The second-order valence-electron chi connectivity index (χ2n) is 4.54. The van der Waals surface area contributed by atoms with E-state index in [2.05, 4.69) is 23.2 Å². The van der Waals surface area contributed by atoms with Crippen LogP contribution in [0.2, 0.25) is 0 Å². The lowest BCUT2D eigenvalue weighted by Crippen LogP contribution is -2.21. The molecule has 3 nitrogen and oxygen atoms in total. The fraction of sp³-hybridized carbons (Fsp3) is 0.462. The van der Waals surface area contributed by atoms with Gasteiger partial charge in [-0.2, -0.15) is 0 Å². The number of nitrogens with one attached hydrogen (secondary N) is 1. The molecule has 1 aromatic carbocycles. The zero-order valence-corrected chi connectivity index (χ0v) is 9.86. The molecular weight excluding hydrogens is 200 g/mol. The van der Waals surface area contributed by atoms with Gasteiger partial charge in [-0.1, -0.05) is 19.1 Å². The second-order valence-corrected chi connectivity index (χ2v) is 4.54. The van der Waals surface area contributed by atoms with Crippen molar-refractivity contribution in [3.63, 3.8) is 0 Å². The Kier molecular flexibility index (Phi) is 3.13. The number of nitrogens with zero attached hydrogens (tertiary/aromatic N) is 1. The number of hydrogen-bond acceptors (Lipinski definition) is 2. The molecular formula is C13H18N2O. The number of carbonyl (C=O) groups is 1. The molecule has 1 amide bonds. The highest BCUT2D eigenvalue weighted by Crippen LogP contribution is 2.30. The van der Waals surface area contributed by atoms with Gasteiger partial charge in [0.2, 0.25) is 5.91 Å². The van der Waals surface area contributed by atoms with Crippen LogP contribution in [0.1, 0.15) is 20.3 Å². The predicted molar refractivity (Wildman–Crippen MR) is 66.7 cm³/mol. The van der Waals surface area contributed by atoms with Crippen LogP contribution in [-0.2, 0) is 4.79 Å². The summed E-state index contributed by atoms with van der Waals surface area (Å²) in [4.78, 5) is 13.5. The number of carbonyl (C=O) groups excluding carboxylic acids is 1. The van der Waals surface area contributed by atoms with Crippen LogP contribution in [0.15, 0.2) is 24.3 Å². The third-order valence-corrected chi connectivity index (χ3v) is 2.98. The number of hydrogen-bond donors (Lipinski definition) is 1. The SMILES string of the molecule is CC(=O)Nc1ccccc1N1CCC(C)C1. The number of para-hydroxylation sites is 2. The summed E-state index contributed by atoms with van der Waals surface area (Å²) >= 11 is 0. The van der Waals surface area contributed by atoms with Gasteiger partial charge in [0.25, 0.3) is 0 Å². The number of anilines is 2. The third kappa shape index (κ3) is 2.35. The first-order valence-electron chi connectivity index (χ1n) is 5.78. The summed E-state index contributed by atoms with van der Waals surface area (Å²) in [7, 11) is 0. The fourth-order valence-corrected chi connectivity index (χ4v) is 2.20. The molecule has 0 aliphatic carbocycles. The minimum absolute atomic E-state index is 0.0142. The molecule has 0 radical (unpaired) electrons. The van der Waals surface area contributed by atoms with E-state index >= 15 is 0 Å². The maximum absolute atomic E-state index is 11.1. The normalized spacial score (nSPS) is 19.9. The lowest BCUT2D eigenvalue weighted by molar-refractivity contribution is -0.114. The van der Waals surface area contributed by atoms with Gasteiger partial charge in [-0.05, 0) is 24.5 Å². The lowest BCUT2D eigenvalue weighted by atomic mass is 10.2. The Balaban J connectivity index is 2.22. The summed E-state index contributed by atoms with van der Waals surface area (Å²) in [6.07, 6.45) is 1.23. The molecule has 1 heterocycles. The van der Waals surface area contributed by atoms with Gasteiger partial charge < -0.3 is 10.2 Å². The smallest absolute Gasteiger partial charge is 0.221 e. The van der Waals surface area contributed by atoms with E-state index in [9.17, 15) is 4.79 Å². The molecule has 1 atom stereocenters. The van der Waals surface area contributed by atoms with Crippen molar-refractivity contribution in [1.82, 2.24) is 0 Å². The van der Waals surface area contributed by atoms with Gasteiger partial charge in [0.1, 0.15) is 0 Å². The van der Waals surface area contributed by atoms with Gasteiger partial charge >= 0.3 is 0 Å². The van der Waals surface area contributed by atoms with Gasteiger partial charge in [-0.3, -0.25) is 4.79 Å². The van der Waals surface area contributed by atoms with Crippen molar-refractivity contribution in [2.24, 2.45) is 5.92 Å². The monoisotopic (exact) mass is 218 g/mol. The minimum atomic E-state index is -0.0142. The van der Waals surface area contributed by atoms with Crippen LogP contribution < -0.4 is 10.2 Å². The Morgan fingerprint density at radius 2 is 2.19 bits per heavy atom. The Labute approximate surface area is 96.5 Å². The molecule has 1 unspecified atom stereocenters. The summed E-state index contributed by atoms with van der Waals surface area (Å²) in [5, 5.41) is 2.88. The van der Waals surface area contributed by atoms with Crippen LogP contribution in [0.25, 0.3) is 0 Å². The molecule has 0 saturated carbocycles. The zero-order chi connectivity index (χ0) is 11.5. The Bertz CT molecular complexity index is 389. The van der Waals surface area contributed by atoms with Gasteiger partial charge in [-0.15, -0.1) is 0 Å². The van der Waals surface area contributed by atoms with E-state index in [1.54, 1.807) is 6.92 Å². The zero-order valence-electron chi connectivity index (χ0n) is 9.86. The van der Waals surface area contributed by atoms with Crippen molar-refractivity contribution >= 4 is 17.3 Å². The van der Waals surface area contributed by atoms with E-state index < -0.39 is 0 Å². The molecule has 3 heteroatoms. The average Bonchev–Trinajstić information content (AvgIpc) is 2.65. The van der Waals surface area contributed by atoms with Gasteiger partial charge in [-0.25, -0.2) is 0 Å². The molecule has 16 heavy (non-hydrogen) atoms. The highest BCUT2D eigenvalue weighted by molar-refractivity contribution is 5.92. The predicted octanol–water partition coefficient (Wildman–Crippen LogP) is 2.49. The first-order chi connectivity index (χ1) is 7.66. The molecule has 1 aromatic rings. The standard InChI is InChI=1S/C13H18N2O/c1-10-7-8-15(9-10)13-6-4-3-5-12(13)14-11(2)16/h3-6,10H,7-9H2,1-2H3,(H,14,16). The molecule has 1 aliphatic rings. The second kappa shape index (κ2) is 4.56. The van der Waals surface area contributed by atoms with Crippen LogP contribution >= 0.6 is 0 Å². The summed E-state index contributed by atoms with van der Waals surface area (Å²) in [6.45, 7) is 5.97. The summed E-state index contributed by atoms with van der Waals surface area (Å²) in [6, 6.07) is 8.00. The molecule has 0 bridgehead atoms. The highest BCUT2D eigenvalue weighted by atomic mass is 16.1. The summed E-state index contributed by atoms with van der Waals surface area (Å²) in [5.41, 5.74) is 2.06. The van der Waals surface area contributed by atoms with Gasteiger partial charge in [0.15, 0.2) is 0 Å². The van der Waals surface area contributed by atoms with E-state index in [0.29, 0.717) is 0 Å². The van der Waals surface area contributed by atoms with Crippen molar-refractivity contribution in [2.45, 2.75) is 20.3 Å². The fourth-order valence-electron chi connectivity index (χ4n) is 2.20. The van der Waals surface area contributed by atoms with Crippen LogP contribution in [0, 0.1) is 5.92 Å². The Morgan fingerprint density at radius 1 is 1.44 bits per heavy atom. The Hall–Kier alpha value is -1.51. The Morgan fingerprint density at radius 3 is 2.81 bits per heavy atom. The third-order valence-electron chi connectivity index (χ3n) is 2.98. The van der Waals surface area contributed by atoms with E-state index in [0.717, 1.165) is 30.4 Å². The van der Waals surface area contributed by atoms with Crippen LogP contribution in [-0.4, -0.2) is 19.0 Å². The van der Waals surface area contributed by atoms with E-state index in [4.69, 9.17) is 0 Å². The average molecular weight is 218 g/mol. The van der Waals surface area contributed by atoms with Crippen LogP contribution in [0.3, 0.4) is 0 Å². The molecule has 1 saturated heterocycles. The van der Waals surface area contributed by atoms with E-state index in [1.807, 2.05) is 18.2 Å². The molecule has 0 spiro atoms. The van der Waals surface area contributed by atoms with E-state index in [1.165, 1.54) is 6.42 Å². The number of benzene rings is 1. The van der Waals surface area contributed by atoms with Crippen LogP contribution in [0.4, 0.5) is 11.4 Å². The quantitative estimate of drug-likeness (QED) is 0.827. The van der Waals surface area contributed by atoms with Crippen molar-refractivity contribution in [3.05, 3.63) is 24.3 Å². The minimum Gasteiger partial charge on any atom is -0.370 e. The molecule has 1 aliphatic heterocycles. The van der Waals surface area contributed by atoms with Gasteiger partial charge in [0, 0.05) is 20.0 Å². The van der Waals surface area contributed by atoms with Crippen molar-refractivity contribution < 1.29 is 4.79 Å². The molecule has 2 rings (SSSR count). The molecule has 0 aromatic heterocycles. The summed E-state index contributed by atoms with van der Waals surface area (Å²) < 4.78 is 0. The molecule has 1 N–H and O–H groups in total. The topological polar surface area (TPSA) is 32.3 Å². The van der Waals surface area contributed by atoms with Crippen LogP contribution in [0.5, 0.6) is 0 Å². The summed E-state index contributed by atoms with van der Waals surface area (Å²) in [5.74, 6) is 0.727. The molecule has 86 valence electrons. The first kappa shape index (κ1) is 11.0.